The molecule has 34 heavy (non-hydrogen) atoms. The zero-order valence-corrected chi connectivity index (χ0v) is 20.1. The van der Waals surface area contributed by atoms with E-state index in [4.69, 9.17) is 0 Å². The van der Waals surface area contributed by atoms with Crippen molar-refractivity contribution < 1.29 is 9.59 Å². The number of fused-ring (bicyclic) bond motifs is 1. The lowest BCUT2D eigenvalue weighted by molar-refractivity contribution is 0.0697. The molecule has 0 fully saturated rings. The predicted molar refractivity (Wildman–Crippen MR) is 134 cm³/mol. The van der Waals surface area contributed by atoms with Crippen LogP contribution in [0.2, 0.25) is 0 Å². The van der Waals surface area contributed by atoms with Crippen LogP contribution in [0.1, 0.15) is 45.8 Å². The second-order valence-electron chi connectivity index (χ2n) is 8.72. The average molecular weight is 458 g/mol. The molecule has 1 N–H and O–H groups in total. The summed E-state index contributed by atoms with van der Waals surface area (Å²) in [5, 5.41) is 8.38. The summed E-state index contributed by atoms with van der Waals surface area (Å²) in [5.41, 5.74) is 3.12. The van der Waals surface area contributed by atoms with Crippen molar-refractivity contribution in [2.45, 2.75) is 25.3 Å². The van der Waals surface area contributed by atoms with Crippen molar-refractivity contribution in [3.63, 3.8) is 0 Å². The molecule has 7 heteroatoms. The first kappa shape index (κ1) is 23.3. The number of likely N-dealkylation sites (N-methyl/N-ethyl adjacent to an activating group) is 1. The Hall–Kier alpha value is -3.87. The number of benzene rings is 2. The maximum absolute atomic E-state index is 13.6. The van der Waals surface area contributed by atoms with Gasteiger partial charge in [-0.05, 0) is 30.2 Å². The number of nitrogens with zero attached hydrogens (tertiary/aromatic N) is 4. The molecule has 0 aliphatic heterocycles. The molecule has 0 radical (unpaired) electrons. The Labute approximate surface area is 200 Å². The number of amides is 2. The minimum absolute atomic E-state index is 0.0667. The van der Waals surface area contributed by atoms with Gasteiger partial charge in [-0.3, -0.25) is 14.3 Å². The molecule has 0 saturated carbocycles. The highest BCUT2D eigenvalue weighted by Gasteiger charge is 2.29. The first-order valence-corrected chi connectivity index (χ1v) is 11.5. The quantitative estimate of drug-likeness (QED) is 0.435. The third-order valence-electron chi connectivity index (χ3n) is 6.58. The van der Waals surface area contributed by atoms with E-state index >= 15 is 0 Å². The molecule has 4 rings (SSSR count). The molecule has 0 spiro atoms. The molecule has 2 heterocycles. The molecule has 0 aliphatic carbocycles. The fraction of sp³-hybridized carbons (Fsp3) is 0.296. The van der Waals surface area contributed by atoms with Crippen molar-refractivity contribution >= 4 is 22.7 Å². The highest BCUT2D eigenvalue weighted by molar-refractivity contribution is 6.04. The molecule has 2 amide bonds. The van der Waals surface area contributed by atoms with Gasteiger partial charge < -0.3 is 14.8 Å². The van der Waals surface area contributed by atoms with E-state index in [1.54, 1.807) is 20.2 Å². The number of rotatable bonds is 8. The van der Waals surface area contributed by atoms with Gasteiger partial charge in [-0.15, -0.1) is 0 Å². The Morgan fingerprint density at radius 1 is 1.00 bits per heavy atom. The Morgan fingerprint density at radius 3 is 2.41 bits per heavy atom. The Bertz CT molecular complexity index is 1290. The number of aromatic nitrogens is 3. The number of carbonyl (C=O) groups is 2. The molecule has 4 aromatic rings. The maximum atomic E-state index is 13.6. The van der Waals surface area contributed by atoms with Gasteiger partial charge in [-0.2, -0.15) is 5.10 Å². The van der Waals surface area contributed by atoms with Crippen LogP contribution in [0.3, 0.4) is 0 Å². The Morgan fingerprint density at radius 2 is 1.71 bits per heavy atom. The van der Waals surface area contributed by atoms with Gasteiger partial charge in [-0.25, -0.2) is 0 Å². The molecule has 2 aromatic carbocycles. The minimum atomic E-state index is -0.135. The lowest BCUT2D eigenvalue weighted by Gasteiger charge is -2.33. The van der Waals surface area contributed by atoms with Gasteiger partial charge in [0.05, 0.1) is 5.52 Å². The topological polar surface area (TPSA) is 72.2 Å². The van der Waals surface area contributed by atoms with Gasteiger partial charge in [0.25, 0.3) is 11.8 Å². The maximum Gasteiger partial charge on any atom is 0.275 e. The molecular weight excluding hydrogens is 426 g/mol. The van der Waals surface area contributed by atoms with Crippen LogP contribution in [0.4, 0.5) is 0 Å². The average Bonchev–Trinajstić information content (AvgIpc) is 3.44. The zero-order chi connectivity index (χ0) is 24.2. The van der Waals surface area contributed by atoms with Gasteiger partial charge in [0.1, 0.15) is 5.69 Å². The first-order chi connectivity index (χ1) is 16.4. The van der Waals surface area contributed by atoms with Gasteiger partial charge >= 0.3 is 0 Å². The molecule has 7 nitrogen and oxygen atoms in total. The first-order valence-electron chi connectivity index (χ1n) is 11.5. The van der Waals surface area contributed by atoms with Crippen molar-refractivity contribution in [2.24, 2.45) is 14.1 Å². The third kappa shape index (κ3) is 4.59. The molecule has 2 unspecified atom stereocenters. The van der Waals surface area contributed by atoms with Gasteiger partial charge in [-0.1, -0.05) is 55.5 Å². The molecule has 2 aromatic heterocycles. The smallest absolute Gasteiger partial charge is 0.275 e. The van der Waals surface area contributed by atoms with Crippen molar-refractivity contribution in [2.75, 3.05) is 13.6 Å². The normalized spacial score (nSPS) is 12.9. The van der Waals surface area contributed by atoms with Crippen LogP contribution < -0.4 is 5.32 Å². The van der Waals surface area contributed by atoms with E-state index in [1.807, 2.05) is 75.9 Å². The van der Waals surface area contributed by atoms with Crippen molar-refractivity contribution in [3.05, 3.63) is 89.9 Å². The minimum Gasteiger partial charge on any atom is -0.351 e. The number of hydrogen-bond acceptors (Lipinski definition) is 3. The number of aryl methyl sites for hydroxylation is 2. The van der Waals surface area contributed by atoms with Crippen LogP contribution in [0, 0.1) is 0 Å². The molecule has 176 valence electrons. The summed E-state index contributed by atoms with van der Waals surface area (Å²) in [6.45, 7) is 2.58. The summed E-state index contributed by atoms with van der Waals surface area (Å²) in [6.07, 6.45) is 2.46. The van der Waals surface area contributed by atoms with Crippen LogP contribution >= 0.6 is 0 Å². The Kier molecular flexibility index (Phi) is 6.82. The SMILES string of the molecule is CC(c1ccccc1)C(CCNC(=O)c1cccn1C)N(C)C(=O)c1nn(C)c2ccccc12. The lowest BCUT2D eigenvalue weighted by atomic mass is 9.90. The summed E-state index contributed by atoms with van der Waals surface area (Å²) in [5.74, 6) is -0.182. The van der Waals surface area contributed by atoms with Gasteiger partial charge in [0.15, 0.2) is 5.69 Å². The lowest BCUT2D eigenvalue weighted by Crippen LogP contribution is -2.43. The predicted octanol–water partition coefficient (Wildman–Crippen LogP) is 3.98. The van der Waals surface area contributed by atoms with Crippen LogP contribution in [0.5, 0.6) is 0 Å². The summed E-state index contributed by atoms with van der Waals surface area (Å²) in [4.78, 5) is 28.0. The number of para-hydroxylation sites is 1. The number of nitrogens with one attached hydrogen (secondary N) is 1. The van der Waals surface area contributed by atoms with Crippen LogP contribution in [-0.2, 0) is 14.1 Å². The van der Waals surface area contributed by atoms with E-state index in [-0.39, 0.29) is 23.8 Å². The molecule has 0 bridgehead atoms. The molecule has 0 aliphatic rings. The second kappa shape index (κ2) is 9.95. The Balaban J connectivity index is 1.57. The van der Waals surface area contributed by atoms with Crippen molar-refractivity contribution in [3.8, 4) is 0 Å². The summed E-state index contributed by atoms with van der Waals surface area (Å²) in [6, 6.07) is 21.4. The molecule has 2 atom stereocenters. The van der Waals surface area contributed by atoms with E-state index in [1.165, 1.54) is 0 Å². The fourth-order valence-corrected chi connectivity index (χ4v) is 4.57. The van der Waals surface area contributed by atoms with E-state index in [2.05, 4.69) is 29.5 Å². The highest BCUT2D eigenvalue weighted by Crippen LogP contribution is 2.27. The van der Waals surface area contributed by atoms with Crippen molar-refractivity contribution in [1.82, 2.24) is 24.6 Å². The fourth-order valence-electron chi connectivity index (χ4n) is 4.57. The number of hydrogen-bond donors (Lipinski definition) is 1. The highest BCUT2D eigenvalue weighted by atomic mass is 16.2. The van der Waals surface area contributed by atoms with Crippen LogP contribution in [-0.4, -0.2) is 50.7 Å². The van der Waals surface area contributed by atoms with Crippen LogP contribution in [0.25, 0.3) is 10.9 Å². The third-order valence-corrected chi connectivity index (χ3v) is 6.58. The van der Waals surface area contributed by atoms with Crippen molar-refractivity contribution in [1.29, 1.82) is 0 Å². The summed E-state index contributed by atoms with van der Waals surface area (Å²) in [7, 11) is 5.52. The zero-order valence-electron chi connectivity index (χ0n) is 20.1. The summed E-state index contributed by atoms with van der Waals surface area (Å²) < 4.78 is 3.54. The largest absolute Gasteiger partial charge is 0.351 e. The van der Waals surface area contributed by atoms with Crippen LogP contribution in [0.15, 0.2) is 72.9 Å². The monoisotopic (exact) mass is 457 g/mol. The summed E-state index contributed by atoms with van der Waals surface area (Å²) >= 11 is 0. The van der Waals surface area contributed by atoms with Gasteiger partial charge in [0.2, 0.25) is 0 Å². The van der Waals surface area contributed by atoms with E-state index in [9.17, 15) is 9.59 Å². The molecule has 0 saturated heterocycles. The molecular formula is C27H31N5O2. The van der Waals surface area contributed by atoms with E-state index in [0.29, 0.717) is 24.4 Å². The standard InChI is InChI=1S/C27H31N5O2/c1-19(20-11-6-5-7-12-20)22(16-17-28-26(33)24-15-10-18-30(24)2)31(3)27(34)25-21-13-8-9-14-23(21)32(4)29-25/h5-15,18-19,22H,16-17H2,1-4H3,(H,28,33). The van der Waals surface area contributed by atoms with Gasteiger partial charge in [0, 0.05) is 51.2 Å². The second-order valence-corrected chi connectivity index (χ2v) is 8.72. The van der Waals surface area contributed by atoms with E-state index < -0.39 is 0 Å². The number of carbonyl (C=O) groups excluding carboxylic acids is 2. The van der Waals surface area contributed by atoms with E-state index in [0.717, 1.165) is 16.5 Å².